The van der Waals surface area contributed by atoms with Crippen LogP contribution in [-0.2, 0) is 9.59 Å². The summed E-state index contributed by atoms with van der Waals surface area (Å²) in [5.74, 6) is -0.376. The van der Waals surface area contributed by atoms with Crippen molar-refractivity contribution >= 4 is 34.8 Å². The fraction of sp³-hybridized carbons (Fsp3) is 0.333. The molecule has 6 heteroatoms. The molecule has 0 aliphatic heterocycles. The van der Waals surface area contributed by atoms with E-state index in [1.807, 2.05) is 0 Å². The van der Waals surface area contributed by atoms with E-state index in [2.05, 4.69) is 10.6 Å². The zero-order valence-corrected chi connectivity index (χ0v) is 11.0. The van der Waals surface area contributed by atoms with Crippen molar-refractivity contribution in [2.75, 3.05) is 10.6 Å². The lowest BCUT2D eigenvalue weighted by Gasteiger charge is -2.10. The number of nitrogens with two attached hydrogens (primary N) is 1. The molecule has 0 aliphatic carbocycles. The van der Waals surface area contributed by atoms with Crippen LogP contribution < -0.4 is 16.4 Å². The number of benzene rings is 1. The van der Waals surface area contributed by atoms with Crippen LogP contribution in [-0.4, -0.2) is 17.9 Å². The minimum atomic E-state index is -0.203. The van der Waals surface area contributed by atoms with Gasteiger partial charge < -0.3 is 16.4 Å². The molecule has 0 heterocycles. The second-order valence-electron chi connectivity index (χ2n) is 4.11. The maximum atomic E-state index is 11.5. The van der Waals surface area contributed by atoms with E-state index in [9.17, 15) is 9.59 Å². The smallest absolute Gasteiger partial charge is 0.225 e. The SMILES string of the molecule is CC(=O)Nc1ccc(NC(=O)CC(C)N)cc1Cl. The second-order valence-corrected chi connectivity index (χ2v) is 4.51. The zero-order valence-electron chi connectivity index (χ0n) is 10.3. The van der Waals surface area contributed by atoms with Crippen molar-refractivity contribution in [3.8, 4) is 0 Å². The molecule has 0 fully saturated rings. The van der Waals surface area contributed by atoms with Crippen molar-refractivity contribution in [3.63, 3.8) is 0 Å². The molecule has 5 nitrogen and oxygen atoms in total. The first kappa shape index (κ1) is 14.5. The number of hydrogen-bond donors (Lipinski definition) is 3. The fourth-order valence-electron chi connectivity index (χ4n) is 1.39. The molecule has 4 N–H and O–H groups in total. The number of amides is 2. The Bertz CT molecular complexity index is 461. The minimum absolute atomic E-state index is 0.173. The van der Waals surface area contributed by atoms with Gasteiger partial charge in [0, 0.05) is 25.1 Å². The lowest BCUT2D eigenvalue weighted by Crippen LogP contribution is -2.23. The van der Waals surface area contributed by atoms with Crippen LogP contribution in [0.3, 0.4) is 0 Å². The third-order valence-electron chi connectivity index (χ3n) is 2.07. The first-order valence-corrected chi connectivity index (χ1v) is 5.89. The van der Waals surface area contributed by atoms with Gasteiger partial charge in [0.15, 0.2) is 0 Å². The number of carbonyl (C=O) groups is 2. The van der Waals surface area contributed by atoms with E-state index in [0.29, 0.717) is 16.4 Å². The summed E-state index contributed by atoms with van der Waals surface area (Å²) in [4.78, 5) is 22.4. The third kappa shape index (κ3) is 4.73. The van der Waals surface area contributed by atoms with Gasteiger partial charge in [-0.2, -0.15) is 0 Å². The molecule has 98 valence electrons. The first-order chi connectivity index (χ1) is 8.38. The maximum absolute atomic E-state index is 11.5. The van der Waals surface area contributed by atoms with Gasteiger partial charge in [0.25, 0.3) is 0 Å². The highest BCUT2D eigenvalue weighted by molar-refractivity contribution is 6.34. The molecule has 0 spiro atoms. The second kappa shape index (κ2) is 6.37. The van der Waals surface area contributed by atoms with Crippen LogP contribution >= 0.6 is 11.6 Å². The number of rotatable bonds is 4. The van der Waals surface area contributed by atoms with Crippen molar-refractivity contribution < 1.29 is 9.59 Å². The van der Waals surface area contributed by atoms with E-state index >= 15 is 0 Å². The van der Waals surface area contributed by atoms with Gasteiger partial charge in [-0.05, 0) is 25.1 Å². The number of hydrogen-bond acceptors (Lipinski definition) is 3. The van der Waals surface area contributed by atoms with Crippen LogP contribution in [0.25, 0.3) is 0 Å². The van der Waals surface area contributed by atoms with Crippen molar-refractivity contribution in [1.29, 1.82) is 0 Å². The Morgan fingerprint density at radius 3 is 2.56 bits per heavy atom. The van der Waals surface area contributed by atoms with Gasteiger partial charge >= 0.3 is 0 Å². The van der Waals surface area contributed by atoms with Gasteiger partial charge in [-0.15, -0.1) is 0 Å². The molecule has 0 saturated heterocycles. The van der Waals surface area contributed by atoms with Crippen LogP contribution in [0.5, 0.6) is 0 Å². The molecule has 1 unspecified atom stereocenters. The van der Waals surface area contributed by atoms with E-state index in [4.69, 9.17) is 17.3 Å². The van der Waals surface area contributed by atoms with Gasteiger partial charge in [-0.1, -0.05) is 11.6 Å². The van der Waals surface area contributed by atoms with Crippen molar-refractivity contribution in [2.45, 2.75) is 26.3 Å². The Labute approximate surface area is 111 Å². The average molecular weight is 270 g/mol. The molecular weight excluding hydrogens is 254 g/mol. The molecule has 18 heavy (non-hydrogen) atoms. The predicted octanol–water partition coefficient (Wildman–Crippen LogP) is 1.97. The molecule has 0 radical (unpaired) electrons. The summed E-state index contributed by atoms with van der Waals surface area (Å²) in [5.41, 5.74) is 6.60. The van der Waals surface area contributed by atoms with E-state index in [1.54, 1.807) is 25.1 Å². The topological polar surface area (TPSA) is 84.2 Å². The highest BCUT2D eigenvalue weighted by Gasteiger charge is 2.08. The quantitative estimate of drug-likeness (QED) is 0.781. The van der Waals surface area contributed by atoms with E-state index < -0.39 is 0 Å². The Hall–Kier alpha value is -1.59. The van der Waals surface area contributed by atoms with Gasteiger partial charge in [0.2, 0.25) is 11.8 Å². The van der Waals surface area contributed by atoms with Crippen molar-refractivity contribution in [3.05, 3.63) is 23.2 Å². The van der Waals surface area contributed by atoms with Crippen LogP contribution in [0.1, 0.15) is 20.3 Å². The fourth-order valence-corrected chi connectivity index (χ4v) is 1.62. The number of anilines is 2. The molecule has 1 aromatic rings. The molecule has 0 bridgehead atoms. The number of nitrogens with one attached hydrogen (secondary N) is 2. The molecule has 0 saturated carbocycles. The lowest BCUT2D eigenvalue weighted by atomic mass is 10.2. The lowest BCUT2D eigenvalue weighted by molar-refractivity contribution is -0.116. The summed E-state index contributed by atoms with van der Waals surface area (Å²) in [7, 11) is 0. The molecule has 1 aromatic carbocycles. The normalized spacial score (nSPS) is 11.8. The average Bonchev–Trinajstić information content (AvgIpc) is 2.20. The number of carbonyl (C=O) groups excluding carboxylic acids is 2. The Kier molecular flexibility index (Phi) is 5.12. The summed E-state index contributed by atoms with van der Waals surface area (Å²) >= 11 is 5.97. The van der Waals surface area contributed by atoms with Crippen molar-refractivity contribution in [1.82, 2.24) is 0 Å². The minimum Gasteiger partial charge on any atom is -0.327 e. The third-order valence-corrected chi connectivity index (χ3v) is 2.38. The summed E-state index contributed by atoms with van der Waals surface area (Å²) in [6.07, 6.45) is 0.241. The predicted molar refractivity (Wildman–Crippen MR) is 72.7 cm³/mol. The largest absolute Gasteiger partial charge is 0.327 e. The molecule has 0 aromatic heterocycles. The standard InChI is InChI=1S/C12H16ClN3O2/c1-7(14)5-12(18)16-9-3-4-11(10(13)6-9)15-8(2)17/h3-4,6-7H,5,14H2,1-2H3,(H,15,17)(H,16,18). The zero-order chi connectivity index (χ0) is 13.7. The summed E-state index contributed by atoms with van der Waals surface area (Å²) < 4.78 is 0. The van der Waals surface area contributed by atoms with Crippen LogP contribution in [0.4, 0.5) is 11.4 Å². The van der Waals surface area contributed by atoms with Gasteiger partial charge in [-0.25, -0.2) is 0 Å². The van der Waals surface area contributed by atoms with E-state index in [-0.39, 0.29) is 24.3 Å². The highest BCUT2D eigenvalue weighted by Crippen LogP contribution is 2.25. The summed E-state index contributed by atoms with van der Waals surface area (Å²) in [5, 5.41) is 5.63. The van der Waals surface area contributed by atoms with E-state index in [0.717, 1.165) is 0 Å². The van der Waals surface area contributed by atoms with Gasteiger partial charge in [0.05, 0.1) is 10.7 Å². The Morgan fingerprint density at radius 2 is 2.06 bits per heavy atom. The molecule has 1 rings (SSSR count). The molecule has 1 atom stereocenters. The summed E-state index contributed by atoms with van der Waals surface area (Å²) in [6.45, 7) is 3.15. The van der Waals surface area contributed by atoms with Gasteiger partial charge in [-0.3, -0.25) is 9.59 Å². The van der Waals surface area contributed by atoms with Crippen LogP contribution in [0, 0.1) is 0 Å². The maximum Gasteiger partial charge on any atom is 0.225 e. The highest BCUT2D eigenvalue weighted by atomic mass is 35.5. The number of halogens is 1. The Balaban J connectivity index is 2.72. The molecule has 0 aliphatic rings. The van der Waals surface area contributed by atoms with Crippen molar-refractivity contribution in [2.24, 2.45) is 5.73 Å². The Morgan fingerprint density at radius 1 is 1.39 bits per heavy atom. The molecular formula is C12H16ClN3O2. The van der Waals surface area contributed by atoms with E-state index in [1.165, 1.54) is 6.92 Å². The van der Waals surface area contributed by atoms with Gasteiger partial charge in [0.1, 0.15) is 0 Å². The monoisotopic (exact) mass is 269 g/mol. The van der Waals surface area contributed by atoms with Crippen LogP contribution in [0.2, 0.25) is 5.02 Å². The molecule has 2 amide bonds. The first-order valence-electron chi connectivity index (χ1n) is 5.51. The van der Waals surface area contributed by atoms with Crippen LogP contribution in [0.15, 0.2) is 18.2 Å². The summed E-state index contributed by atoms with van der Waals surface area (Å²) in [6, 6.07) is 4.67.